The van der Waals surface area contributed by atoms with Crippen LogP contribution in [0, 0.1) is 0 Å². The van der Waals surface area contributed by atoms with E-state index in [2.05, 4.69) is 9.97 Å². The van der Waals surface area contributed by atoms with Gasteiger partial charge >= 0.3 is 17.9 Å². The molecule has 0 amide bonds. The summed E-state index contributed by atoms with van der Waals surface area (Å²) in [6.45, 7) is -0.474. The molecule has 0 spiro atoms. The maximum absolute atomic E-state index is 16.4. The highest BCUT2D eigenvalue weighted by Gasteiger charge is 2.46. The highest BCUT2D eigenvalue weighted by atomic mass is 35.5. The van der Waals surface area contributed by atoms with Gasteiger partial charge in [-0.3, -0.25) is 0 Å². The van der Waals surface area contributed by atoms with Gasteiger partial charge in [-0.05, 0) is 42.5 Å². The van der Waals surface area contributed by atoms with Gasteiger partial charge in [0.2, 0.25) is 0 Å². The van der Waals surface area contributed by atoms with E-state index in [-0.39, 0.29) is 27.5 Å². The Morgan fingerprint density at radius 3 is 1.98 bits per heavy atom. The molecule has 3 aromatic carbocycles. The van der Waals surface area contributed by atoms with Crippen LogP contribution >= 0.6 is 11.6 Å². The molecule has 10 nitrogen and oxygen atoms in total. The van der Waals surface area contributed by atoms with Gasteiger partial charge in [-0.2, -0.15) is 0 Å². The third-order valence-corrected chi connectivity index (χ3v) is 7.76. The SMILES string of the molecule is O=C(OC[C@H]1O[C@@H](n2ccc3c(Cl)ncnc32)[C@@H](F)C[C@H](OC(=O)c2ccccc2)[C@@H]1OC(=O)c1ccccc1)c1ccccc1. The zero-order valence-electron chi connectivity index (χ0n) is 24.1. The highest BCUT2D eigenvalue weighted by Crippen LogP contribution is 2.35. The van der Waals surface area contributed by atoms with Gasteiger partial charge in [0.1, 0.15) is 42.1 Å². The van der Waals surface area contributed by atoms with Crippen LogP contribution in [0.4, 0.5) is 4.39 Å². The Morgan fingerprint density at radius 2 is 1.37 bits per heavy atom. The predicted molar refractivity (Wildman–Crippen MR) is 164 cm³/mol. The lowest BCUT2D eigenvalue weighted by molar-refractivity contribution is -0.142. The molecule has 6 rings (SSSR count). The van der Waals surface area contributed by atoms with Crippen LogP contribution in [0.2, 0.25) is 5.15 Å². The van der Waals surface area contributed by atoms with Crippen LogP contribution in [0.15, 0.2) is 110 Å². The van der Waals surface area contributed by atoms with Gasteiger partial charge in [0.05, 0.1) is 22.1 Å². The number of carbonyl (C=O) groups excluding carboxylic acids is 3. The van der Waals surface area contributed by atoms with Crippen molar-refractivity contribution >= 4 is 40.5 Å². The Balaban J connectivity index is 1.39. The minimum atomic E-state index is -1.81. The van der Waals surface area contributed by atoms with Crippen LogP contribution in [0.5, 0.6) is 0 Å². The molecule has 0 saturated carbocycles. The smallest absolute Gasteiger partial charge is 0.338 e. The Labute approximate surface area is 267 Å². The van der Waals surface area contributed by atoms with E-state index in [1.165, 1.54) is 17.1 Å². The molecule has 5 atom stereocenters. The van der Waals surface area contributed by atoms with Gasteiger partial charge in [-0.25, -0.2) is 28.7 Å². The van der Waals surface area contributed by atoms with Gasteiger partial charge in [-0.15, -0.1) is 0 Å². The second-order valence-corrected chi connectivity index (χ2v) is 10.8. The number of nitrogens with zero attached hydrogens (tertiary/aromatic N) is 3. The fraction of sp³-hybridized carbons (Fsp3) is 0.206. The first-order chi connectivity index (χ1) is 22.4. The zero-order chi connectivity index (χ0) is 32.0. The van der Waals surface area contributed by atoms with E-state index in [0.717, 1.165) is 0 Å². The third kappa shape index (κ3) is 6.75. The molecule has 0 bridgehead atoms. The number of benzene rings is 3. The maximum Gasteiger partial charge on any atom is 0.338 e. The summed E-state index contributed by atoms with van der Waals surface area (Å²) in [5.41, 5.74) is 0.965. The van der Waals surface area contributed by atoms with Crippen LogP contribution in [0.25, 0.3) is 11.0 Å². The first-order valence-electron chi connectivity index (χ1n) is 14.4. The van der Waals surface area contributed by atoms with E-state index >= 15 is 4.39 Å². The molecule has 46 heavy (non-hydrogen) atoms. The van der Waals surface area contributed by atoms with E-state index in [4.69, 9.17) is 30.5 Å². The Morgan fingerprint density at radius 1 is 0.804 bits per heavy atom. The third-order valence-electron chi connectivity index (χ3n) is 7.46. The number of halogens is 2. The summed E-state index contributed by atoms with van der Waals surface area (Å²) in [5.74, 6) is -2.21. The van der Waals surface area contributed by atoms with Crippen molar-refractivity contribution in [2.45, 2.75) is 37.1 Å². The maximum atomic E-state index is 16.4. The van der Waals surface area contributed by atoms with Crippen molar-refractivity contribution in [3.05, 3.63) is 131 Å². The molecule has 3 heterocycles. The lowest BCUT2D eigenvalue weighted by Gasteiger charge is -2.31. The van der Waals surface area contributed by atoms with Crippen molar-refractivity contribution < 1.29 is 37.7 Å². The topological polar surface area (TPSA) is 119 Å². The van der Waals surface area contributed by atoms with Crippen molar-refractivity contribution in [3.8, 4) is 0 Å². The lowest BCUT2D eigenvalue weighted by Crippen LogP contribution is -2.46. The summed E-state index contributed by atoms with van der Waals surface area (Å²) >= 11 is 6.26. The first kappa shape index (κ1) is 30.9. The minimum absolute atomic E-state index is 0.158. The standard InChI is InChI=1S/C34H27ClFN3O7/c35-29-24-16-17-39(30(24)38-20-37-29)31-25(36)18-26(45-33(41)22-12-6-2-7-13-22)28(46-34(42)23-14-8-3-9-15-23)27(44-31)19-43-32(40)21-10-4-1-5-11-21/h1-17,20,25-28,31H,18-19H2/t25-,26-,27+,28-,31+/m0/s1. The molecule has 234 valence electrons. The number of rotatable bonds is 8. The largest absolute Gasteiger partial charge is 0.459 e. The van der Waals surface area contributed by atoms with Crippen LogP contribution in [-0.2, 0) is 18.9 Å². The summed E-state index contributed by atoms with van der Waals surface area (Å²) in [6.07, 6.45) is -4.89. The normalized spacial score (nSPS) is 21.2. The number of carbonyl (C=O) groups is 3. The minimum Gasteiger partial charge on any atom is -0.459 e. The number of ether oxygens (including phenoxy) is 4. The number of hydrogen-bond donors (Lipinski definition) is 0. The van der Waals surface area contributed by atoms with Gasteiger partial charge in [0.25, 0.3) is 0 Å². The number of fused-ring (bicyclic) bond motifs is 1. The Hall–Kier alpha value is -5.13. The van der Waals surface area contributed by atoms with E-state index < -0.39 is 61.6 Å². The molecule has 0 aliphatic carbocycles. The number of esters is 3. The van der Waals surface area contributed by atoms with Crippen LogP contribution in [-0.4, -0.2) is 63.5 Å². The summed E-state index contributed by atoms with van der Waals surface area (Å²) < 4.78 is 41.5. The lowest BCUT2D eigenvalue weighted by atomic mass is 10.0. The van der Waals surface area contributed by atoms with E-state index in [1.54, 1.807) is 97.1 Å². The van der Waals surface area contributed by atoms with Gasteiger partial charge in [0.15, 0.2) is 12.3 Å². The molecule has 2 aromatic heterocycles. The van der Waals surface area contributed by atoms with Crippen LogP contribution < -0.4 is 0 Å². The molecular weight excluding hydrogens is 617 g/mol. The molecule has 0 radical (unpaired) electrons. The average Bonchev–Trinajstić information content (AvgIpc) is 3.48. The summed E-state index contributed by atoms with van der Waals surface area (Å²) in [5, 5.41) is 0.612. The average molecular weight is 644 g/mol. The molecule has 12 heteroatoms. The molecule has 1 saturated heterocycles. The van der Waals surface area contributed by atoms with Crippen molar-refractivity contribution in [1.29, 1.82) is 0 Å². The molecule has 1 aliphatic rings. The summed E-state index contributed by atoms with van der Waals surface area (Å²) in [4.78, 5) is 47.9. The Bertz CT molecular complexity index is 1820. The van der Waals surface area contributed by atoms with Gasteiger partial charge in [0, 0.05) is 12.6 Å². The summed E-state index contributed by atoms with van der Waals surface area (Å²) in [6, 6.07) is 26.1. The van der Waals surface area contributed by atoms with Crippen molar-refractivity contribution in [2.24, 2.45) is 0 Å². The van der Waals surface area contributed by atoms with E-state index in [9.17, 15) is 14.4 Å². The Kier molecular flexibility index (Phi) is 9.32. The summed E-state index contributed by atoms with van der Waals surface area (Å²) in [7, 11) is 0. The van der Waals surface area contributed by atoms with Crippen molar-refractivity contribution in [3.63, 3.8) is 0 Å². The van der Waals surface area contributed by atoms with Crippen molar-refractivity contribution in [1.82, 2.24) is 14.5 Å². The number of alkyl halides is 1. The molecular formula is C34H27ClFN3O7. The quantitative estimate of drug-likeness (QED) is 0.114. The fourth-order valence-electron chi connectivity index (χ4n) is 5.20. The zero-order valence-corrected chi connectivity index (χ0v) is 24.9. The van der Waals surface area contributed by atoms with Crippen molar-refractivity contribution in [2.75, 3.05) is 6.61 Å². The molecule has 0 N–H and O–H groups in total. The molecule has 1 fully saturated rings. The number of aromatic nitrogens is 3. The number of hydrogen-bond acceptors (Lipinski definition) is 9. The van der Waals surface area contributed by atoms with E-state index in [1.807, 2.05) is 0 Å². The molecule has 0 unspecified atom stereocenters. The van der Waals surface area contributed by atoms with Crippen LogP contribution in [0.3, 0.4) is 0 Å². The van der Waals surface area contributed by atoms with Gasteiger partial charge < -0.3 is 23.5 Å². The predicted octanol–water partition coefficient (Wildman–Crippen LogP) is 6.02. The highest BCUT2D eigenvalue weighted by molar-refractivity contribution is 6.33. The molecule has 1 aliphatic heterocycles. The van der Waals surface area contributed by atoms with Gasteiger partial charge in [-0.1, -0.05) is 66.2 Å². The fourth-order valence-corrected chi connectivity index (χ4v) is 5.39. The first-order valence-corrected chi connectivity index (χ1v) is 14.8. The second kappa shape index (κ2) is 13.9. The van der Waals surface area contributed by atoms with Crippen LogP contribution in [0.1, 0.15) is 43.7 Å². The monoisotopic (exact) mass is 643 g/mol. The molecule has 5 aromatic rings. The second-order valence-electron chi connectivity index (χ2n) is 10.5. The van der Waals surface area contributed by atoms with E-state index in [0.29, 0.717) is 5.39 Å².